The molecule has 0 aliphatic heterocycles. The predicted molar refractivity (Wildman–Crippen MR) is 160 cm³/mol. The zero-order chi connectivity index (χ0) is 31.0. The van der Waals surface area contributed by atoms with Crippen molar-refractivity contribution < 1.29 is 29.4 Å². The van der Waals surface area contributed by atoms with Crippen LogP contribution in [0.5, 0.6) is 5.75 Å². The van der Waals surface area contributed by atoms with Crippen LogP contribution in [0.2, 0.25) is 0 Å². The van der Waals surface area contributed by atoms with E-state index in [1.54, 1.807) is 32.2 Å². The third-order valence-electron chi connectivity index (χ3n) is 7.08. The monoisotopic (exact) mass is 579 g/mol. The van der Waals surface area contributed by atoms with Gasteiger partial charge in [0.2, 0.25) is 17.7 Å². The Morgan fingerprint density at radius 2 is 1.38 bits per heavy atom. The molecule has 42 heavy (non-hydrogen) atoms. The van der Waals surface area contributed by atoms with Gasteiger partial charge >= 0.3 is 5.97 Å². The number of carbonyl (C=O) groups is 4. The Hall–Kier alpha value is -4.38. The van der Waals surface area contributed by atoms with Gasteiger partial charge < -0.3 is 36.9 Å². The van der Waals surface area contributed by atoms with Crippen LogP contribution in [0.4, 0.5) is 0 Å². The molecule has 0 aliphatic rings. The lowest BCUT2D eigenvalue weighted by Crippen LogP contribution is -2.58. The van der Waals surface area contributed by atoms with Gasteiger partial charge in [0, 0.05) is 29.9 Å². The summed E-state index contributed by atoms with van der Waals surface area (Å²) in [7, 11) is 0. The van der Waals surface area contributed by atoms with Gasteiger partial charge in [-0.3, -0.25) is 14.4 Å². The molecule has 0 fully saturated rings. The number of aliphatic carboxylic acids is 1. The minimum absolute atomic E-state index is 0.00234. The highest BCUT2D eigenvalue weighted by atomic mass is 16.4. The Balaban J connectivity index is 1.91. The zero-order valence-electron chi connectivity index (χ0n) is 24.4. The molecule has 11 nitrogen and oxygen atoms in total. The maximum atomic E-state index is 13.8. The van der Waals surface area contributed by atoms with Crippen LogP contribution in [-0.2, 0) is 32.0 Å². The molecule has 0 saturated carbocycles. The molecule has 226 valence electrons. The predicted octanol–water partition coefficient (Wildman–Crippen LogP) is 2.23. The number of carboxylic acids is 1. The maximum absolute atomic E-state index is 13.8. The maximum Gasteiger partial charge on any atom is 0.326 e. The Morgan fingerprint density at radius 1 is 0.810 bits per heavy atom. The Bertz CT molecular complexity index is 1380. The molecule has 3 rings (SSSR count). The molecule has 1 aromatic heterocycles. The molecule has 4 unspecified atom stereocenters. The van der Waals surface area contributed by atoms with Crippen LogP contribution in [0.25, 0.3) is 10.9 Å². The summed E-state index contributed by atoms with van der Waals surface area (Å²) in [4.78, 5) is 55.2. The fourth-order valence-corrected chi connectivity index (χ4v) is 4.61. The number of para-hydroxylation sites is 1. The van der Waals surface area contributed by atoms with E-state index in [4.69, 9.17) is 5.73 Å². The van der Waals surface area contributed by atoms with Gasteiger partial charge in [-0.15, -0.1) is 0 Å². The lowest BCUT2D eigenvalue weighted by Gasteiger charge is -2.26. The van der Waals surface area contributed by atoms with E-state index in [2.05, 4.69) is 20.9 Å². The molecule has 0 radical (unpaired) electrons. The summed E-state index contributed by atoms with van der Waals surface area (Å²) in [5.74, 6) is -3.14. The second-order valence-electron chi connectivity index (χ2n) is 11.4. The SMILES string of the molecule is CC(C)CC(NC(=O)C(Cc1ccc(O)cc1)NC(=O)C(Cc1c[nH]c2ccccc12)NC(=O)C(N)C(C)C)C(=O)O. The molecule has 3 amide bonds. The summed E-state index contributed by atoms with van der Waals surface area (Å²) in [6, 6.07) is 9.43. The standard InChI is InChI=1S/C31H41N5O6/c1-17(2)13-26(31(41)42)36-28(38)24(14-19-9-11-21(37)12-10-19)34-29(39)25(35-30(40)27(32)18(3)4)15-20-16-33-23-8-6-5-7-22(20)23/h5-12,16-18,24-27,33,37H,13-15,32H2,1-4H3,(H,34,39)(H,35,40)(H,36,38)(H,41,42). The van der Waals surface area contributed by atoms with E-state index in [1.165, 1.54) is 12.1 Å². The zero-order valence-corrected chi connectivity index (χ0v) is 24.4. The molecule has 1 heterocycles. The number of nitrogens with two attached hydrogens (primary N) is 1. The average molecular weight is 580 g/mol. The second kappa shape index (κ2) is 14.5. The van der Waals surface area contributed by atoms with Crippen molar-refractivity contribution in [3.63, 3.8) is 0 Å². The lowest BCUT2D eigenvalue weighted by atomic mass is 9.99. The minimum atomic E-state index is -1.18. The van der Waals surface area contributed by atoms with E-state index in [1.807, 2.05) is 38.1 Å². The number of hydrogen-bond donors (Lipinski definition) is 7. The largest absolute Gasteiger partial charge is 0.508 e. The van der Waals surface area contributed by atoms with Crippen LogP contribution in [0.1, 0.15) is 45.2 Å². The van der Waals surface area contributed by atoms with Gasteiger partial charge in [0.1, 0.15) is 23.9 Å². The summed E-state index contributed by atoms with van der Waals surface area (Å²) in [5, 5.41) is 28.3. The molecule has 0 spiro atoms. The van der Waals surface area contributed by atoms with Gasteiger partial charge in [-0.05, 0) is 47.6 Å². The van der Waals surface area contributed by atoms with Gasteiger partial charge in [0.05, 0.1) is 6.04 Å². The van der Waals surface area contributed by atoms with Crippen LogP contribution < -0.4 is 21.7 Å². The molecule has 8 N–H and O–H groups in total. The quantitative estimate of drug-likeness (QED) is 0.152. The normalized spacial score (nSPS) is 14.3. The van der Waals surface area contributed by atoms with Gasteiger partial charge in [0.25, 0.3) is 0 Å². The molecule has 4 atom stereocenters. The van der Waals surface area contributed by atoms with E-state index in [0.29, 0.717) is 5.56 Å². The molecular weight excluding hydrogens is 538 g/mol. The number of carbonyl (C=O) groups excluding carboxylic acids is 3. The number of rotatable bonds is 14. The smallest absolute Gasteiger partial charge is 0.326 e. The van der Waals surface area contributed by atoms with E-state index in [9.17, 15) is 29.4 Å². The van der Waals surface area contributed by atoms with Crippen LogP contribution in [-0.4, -0.2) is 63.1 Å². The first-order chi connectivity index (χ1) is 19.8. The van der Waals surface area contributed by atoms with Crippen LogP contribution in [0.3, 0.4) is 0 Å². The van der Waals surface area contributed by atoms with Crippen molar-refractivity contribution in [1.29, 1.82) is 0 Å². The lowest BCUT2D eigenvalue weighted by molar-refractivity contribution is -0.142. The number of aromatic hydroxyl groups is 1. The number of H-pyrrole nitrogens is 1. The number of carboxylic acid groups (broad SMARTS) is 1. The molecule has 11 heteroatoms. The molecule has 0 saturated heterocycles. The minimum Gasteiger partial charge on any atom is -0.508 e. The van der Waals surface area contributed by atoms with Gasteiger partial charge in [0.15, 0.2) is 0 Å². The number of phenols is 1. The number of aromatic amines is 1. The van der Waals surface area contributed by atoms with Crippen molar-refractivity contribution in [2.24, 2.45) is 17.6 Å². The third kappa shape index (κ3) is 8.81. The van der Waals surface area contributed by atoms with E-state index in [0.717, 1.165) is 16.5 Å². The van der Waals surface area contributed by atoms with Gasteiger partial charge in [-0.25, -0.2) is 4.79 Å². The van der Waals surface area contributed by atoms with Crippen LogP contribution >= 0.6 is 0 Å². The number of amides is 3. The summed E-state index contributed by atoms with van der Waals surface area (Å²) < 4.78 is 0. The first-order valence-corrected chi connectivity index (χ1v) is 14.1. The molecule has 0 aliphatic carbocycles. The second-order valence-corrected chi connectivity index (χ2v) is 11.4. The summed E-state index contributed by atoms with van der Waals surface area (Å²) in [6.07, 6.45) is 2.10. The Morgan fingerprint density at radius 3 is 1.98 bits per heavy atom. The molecule has 3 aromatic rings. The Kier molecular flexibility index (Phi) is 11.1. The molecular formula is C31H41N5O6. The topological polar surface area (TPSA) is 187 Å². The summed E-state index contributed by atoms with van der Waals surface area (Å²) in [5.41, 5.74) is 8.35. The van der Waals surface area contributed by atoms with E-state index in [-0.39, 0.29) is 36.8 Å². The van der Waals surface area contributed by atoms with E-state index >= 15 is 0 Å². The number of benzene rings is 2. The molecule has 2 aromatic carbocycles. The van der Waals surface area contributed by atoms with Crippen molar-refractivity contribution in [3.8, 4) is 5.75 Å². The summed E-state index contributed by atoms with van der Waals surface area (Å²) >= 11 is 0. The summed E-state index contributed by atoms with van der Waals surface area (Å²) in [6.45, 7) is 7.29. The van der Waals surface area contributed by atoms with Crippen molar-refractivity contribution in [3.05, 3.63) is 65.9 Å². The van der Waals surface area contributed by atoms with E-state index < -0.39 is 47.9 Å². The first kappa shape index (κ1) is 32.1. The van der Waals surface area contributed by atoms with Crippen molar-refractivity contribution in [2.45, 2.75) is 71.1 Å². The number of hydrogen-bond acceptors (Lipinski definition) is 6. The number of nitrogens with one attached hydrogen (secondary N) is 4. The third-order valence-corrected chi connectivity index (χ3v) is 7.08. The van der Waals surface area contributed by atoms with Crippen molar-refractivity contribution >= 4 is 34.6 Å². The van der Waals surface area contributed by atoms with Gasteiger partial charge in [-0.1, -0.05) is 58.0 Å². The van der Waals surface area contributed by atoms with Crippen LogP contribution in [0.15, 0.2) is 54.7 Å². The number of aromatic nitrogens is 1. The Labute approximate surface area is 245 Å². The molecule has 0 bridgehead atoms. The average Bonchev–Trinajstić information content (AvgIpc) is 3.34. The highest BCUT2D eigenvalue weighted by Gasteiger charge is 2.31. The highest BCUT2D eigenvalue weighted by molar-refractivity contribution is 5.95. The highest BCUT2D eigenvalue weighted by Crippen LogP contribution is 2.20. The van der Waals surface area contributed by atoms with Crippen molar-refractivity contribution in [2.75, 3.05) is 0 Å². The number of fused-ring (bicyclic) bond motifs is 1. The first-order valence-electron chi connectivity index (χ1n) is 14.1. The van der Waals surface area contributed by atoms with Crippen molar-refractivity contribution in [1.82, 2.24) is 20.9 Å². The van der Waals surface area contributed by atoms with Gasteiger partial charge in [-0.2, -0.15) is 0 Å². The fourth-order valence-electron chi connectivity index (χ4n) is 4.61. The van der Waals surface area contributed by atoms with Crippen LogP contribution in [0, 0.1) is 11.8 Å². The number of phenolic OH excluding ortho intramolecular Hbond substituents is 1. The fraction of sp³-hybridized carbons (Fsp3) is 0.419.